The molecule has 0 saturated carbocycles. The fourth-order valence-corrected chi connectivity index (χ4v) is 3.99. The number of amides is 1. The van der Waals surface area contributed by atoms with Crippen molar-refractivity contribution in [3.8, 4) is 11.4 Å². The Hall–Kier alpha value is -2.60. The van der Waals surface area contributed by atoms with Crippen molar-refractivity contribution < 1.29 is 9.53 Å². The summed E-state index contributed by atoms with van der Waals surface area (Å²) in [5, 5.41) is 8.68. The maximum Gasteiger partial charge on any atom is 0.274 e. The fourth-order valence-electron chi connectivity index (χ4n) is 3.28. The second kappa shape index (κ2) is 6.72. The number of aromatic nitrogens is 2. The number of carbonyl (C=O) groups excluding carboxylic acids is 1. The third-order valence-corrected chi connectivity index (χ3v) is 5.29. The van der Waals surface area contributed by atoms with Crippen molar-refractivity contribution in [2.75, 3.05) is 13.7 Å². The number of hydrogen-bond acceptors (Lipinski definition) is 4. The van der Waals surface area contributed by atoms with E-state index in [1.807, 2.05) is 35.4 Å². The van der Waals surface area contributed by atoms with Crippen LogP contribution in [0.4, 0.5) is 0 Å². The maximum absolute atomic E-state index is 12.9. The summed E-state index contributed by atoms with van der Waals surface area (Å²) in [4.78, 5) is 14.9. The highest BCUT2D eigenvalue weighted by Gasteiger charge is 2.31. The van der Waals surface area contributed by atoms with Crippen molar-refractivity contribution >= 4 is 17.2 Å². The Kier molecular flexibility index (Phi) is 4.28. The van der Waals surface area contributed by atoms with E-state index in [0.29, 0.717) is 5.69 Å². The largest absolute Gasteiger partial charge is 0.497 e. The van der Waals surface area contributed by atoms with E-state index >= 15 is 0 Å². The van der Waals surface area contributed by atoms with Crippen LogP contribution in [0.15, 0.2) is 53.4 Å². The summed E-state index contributed by atoms with van der Waals surface area (Å²) in [6, 6.07) is 11.7. The van der Waals surface area contributed by atoms with Gasteiger partial charge in [0.15, 0.2) is 5.69 Å². The predicted molar refractivity (Wildman–Crippen MR) is 97.4 cm³/mol. The Morgan fingerprint density at radius 3 is 2.80 bits per heavy atom. The second-order valence-corrected chi connectivity index (χ2v) is 6.84. The molecule has 2 aromatic heterocycles. The first-order valence-electron chi connectivity index (χ1n) is 8.29. The van der Waals surface area contributed by atoms with Gasteiger partial charge in [-0.3, -0.25) is 4.79 Å². The minimum Gasteiger partial charge on any atom is -0.497 e. The molecule has 0 spiro atoms. The van der Waals surface area contributed by atoms with E-state index in [-0.39, 0.29) is 11.9 Å². The fraction of sp³-hybridized carbons (Fsp3) is 0.263. The van der Waals surface area contributed by atoms with Crippen LogP contribution in [0.5, 0.6) is 5.75 Å². The van der Waals surface area contributed by atoms with Crippen LogP contribution in [-0.2, 0) is 0 Å². The van der Waals surface area contributed by atoms with Gasteiger partial charge in [-0.2, -0.15) is 16.4 Å². The first-order chi connectivity index (χ1) is 12.3. The zero-order chi connectivity index (χ0) is 17.2. The van der Waals surface area contributed by atoms with Gasteiger partial charge >= 0.3 is 0 Å². The first-order valence-corrected chi connectivity index (χ1v) is 9.24. The molecule has 3 aromatic rings. The monoisotopic (exact) mass is 353 g/mol. The number of ether oxygens (including phenoxy) is 1. The lowest BCUT2D eigenvalue weighted by molar-refractivity contribution is 0.0729. The number of rotatable bonds is 4. The lowest BCUT2D eigenvalue weighted by Crippen LogP contribution is -2.30. The SMILES string of the molecule is COc1ccc(-n2ccc(C(=O)N3CCCC3c3ccsc3)n2)cc1. The molecule has 4 rings (SSSR count). The minimum atomic E-state index is 0.000890. The second-order valence-electron chi connectivity index (χ2n) is 6.06. The molecule has 1 aliphatic rings. The van der Waals surface area contributed by atoms with E-state index < -0.39 is 0 Å². The number of methoxy groups -OCH3 is 1. The lowest BCUT2D eigenvalue weighted by atomic mass is 10.1. The zero-order valence-electron chi connectivity index (χ0n) is 14.0. The van der Waals surface area contributed by atoms with Gasteiger partial charge in [0.2, 0.25) is 0 Å². The molecule has 1 unspecified atom stereocenters. The Labute approximate surface area is 150 Å². The molecule has 0 N–H and O–H groups in total. The smallest absolute Gasteiger partial charge is 0.274 e. The summed E-state index contributed by atoms with van der Waals surface area (Å²) in [7, 11) is 1.64. The van der Waals surface area contributed by atoms with Gasteiger partial charge < -0.3 is 9.64 Å². The third kappa shape index (κ3) is 3.05. The lowest BCUT2D eigenvalue weighted by Gasteiger charge is -2.23. The normalized spacial score (nSPS) is 17.0. The molecule has 0 aliphatic carbocycles. The molecular weight excluding hydrogens is 334 g/mol. The Morgan fingerprint density at radius 1 is 1.24 bits per heavy atom. The van der Waals surface area contributed by atoms with Crippen LogP contribution in [0, 0.1) is 0 Å². The van der Waals surface area contributed by atoms with Crippen molar-refractivity contribution in [2.45, 2.75) is 18.9 Å². The highest BCUT2D eigenvalue weighted by Crippen LogP contribution is 2.34. The van der Waals surface area contributed by atoms with E-state index in [1.54, 1.807) is 29.2 Å². The molecule has 1 amide bonds. The molecule has 0 radical (unpaired) electrons. The van der Waals surface area contributed by atoms with E-state index in [1.165, 1.54) is 5.56 Å². The standard InChI is InChI=1S/C19H19N3O2S/c1-24-16-6-4-15(5-7-16)22-11-8-17(20-22)19(23)21-10-2-3-18(21)14-9-12-25-13-14/h4-9,11-13,18H,2-3,10H2,1H3. The van der Waals surface area contributed by atoms with E-state index in [4.69, 9.17) is 4.74 Å². The number of hydrogen-bond donors (Lipinski definition) is 0. The van der Waals surface area contributed by atoms with Gasteiger partial charge in [-0.25, -0.2) is 4.68 Å². The number of thiophene rings is 1. The number of likely N-dealkylation sites (tertiary alicyclic amines) is 1. The Balaban J connectivity index is 1.55. The van der Waals surface area contributed by atoms with Gasteiger partial charge in [-0.15, -0.1) is 0 Å². The molecule has 1 atom stereocenters. The van der Waals surface area contributed by atoms with Crippen LogP contribution in [0.25, 0.3) is 5.69 Å². The molecule has 1 saturated heterocycles. The summed E-state index contributed by atoms with van der Waals surface area (Å²) in [6.45, 7) is 0.786. The van der Waals surface area contributed by atoms with E-state index in [0.717, 1.165) is 30.8 Å². The highest BCUT2D eigenvalue weighted by molar-refractivity contribution is 7.08. The van der Waals surface area contributed by atoms with Crippen molar-refractivity contribution in [2.24, 2.45) is 0 Å². The first kappa shape index (κ1) is 15.9. The summed E-state index contributed by atoms with van der Waals surface area (Å²) >= 11 is 1.67. The van der Waals surface area contributed by atoms with Gasteiger partial charge in [0.05, 0.1) is 18.8 Å². The Bertz CT molecular complexity index is 855. The highest BCUT2D eigenvalue weighted by atomic mass is 32.1. The minimum absolute atomic E-state index is 0.000890. The third-order valence-electron chi connectivity index (χ3n) is 4.59. The quantitative estimate of drug-likeness (QED) is 0.714. The van der Waals surface area contributed by atoms with E-state index in [9.17, 15) is 4.79 Å². The Morgan fingerprint density at radius 2 is 2.08 bits per heavy atom. The predicted octanol–water partition coefficient (Wildman–Crippen LogP) is 3.92. The average molecular weight is 353 g/mol. The van der Waals surface area contributed by atoms with Gasteiger partial charge in [-0.05, 0) is 65.6 Å². The van der Waals surface area contributed by atoms with E-state index in [2.05, 4.69) is 21.9 Å². The summed E-state index contributed by atoms with van der Waals surface area (Å²) in [5.41, 5.74) is 2.61. The molecular formula is C19H19N3O2S. The van der Waals surface area contributed by atoms with Crippen molar-refractivity contribution in [1.82, 2.24) is 14.7 Å². The van der Waals surface area contributed by atoms with Crippen LogP contribution in [-0.4, -0.2) is 34.2 Å². The molecule has 25 heavy (non-hydrogen) atoms. The molecule has 3 heterocycles. The van der Waals surface area contributed by atoms with Crippen molar-refractivity contribution in [3.05, 3.63) is 64.6 Å². The van der Waals surface area contributed by atoms with Crippen LogP contribution in [0.1, 0.15) is 34.9 Å². The van der Waals surface area contributed by atoms with Gasteiger partial charge in [0.1, 0.15) is 5.75 Å². The summed E-state index contributed by atoms with van der Waals surface area (Å²) in [6.07, 6.45) is 3.87. The maximum atomic E-state index is 12.9. The topological polar surface area (TPSA) is 47.4 Å². The van der Waals surface area contributed by atoms with Gasteiger partial charge in [0, 0.05) is 12.7 Å². The summed E-state index contributed by atoms with van der Waals surface area (Å²) < 4.78 is 6.90. The zero-order valence-corrected chi connectivity index (χ0v) is 14.8. The number of carbonyl (C=O) groups is 1. The number of nitrogens with zero attached hydrogens (tertiary/aromatic N) is 3. The molecule has 0 bridgehead atoms. The van der Waals surface area contributed by atoms with Crippen LogP contribution >= 0.6 is 11.3 Å². The molecule has 5 nitrogen and oxygen atoms in total. The summed E-state index contributed by atoms with van der Waals surface area (Å²) in [5.74, 6) is 0.795. The van der Waals surface area contributed by atoms with Gasteiger partial charge in [-0.1, -0.05) is 0 Å². The molecule has 1 aliphatic heterocycles. The molecule has 6 heteroatoms. The molecule has 1 fully saturated rings. The molecule has 1 aromatic carbocycles. The van der Waals surface area contributed by atoms with Crippen molar-refractivity contribution in [3.63, 3.8) is 0 Å². The van der Waals surface area contributed by atoms with Gasteiger partial charge in [0.25, 0.3) is 5.91 Å². The average Bonchev–Trinajstić information content (AvgIpc) is 3.42. The van der Waals surface area contributed by atoms with Crippen LogP contribution < -0.4 is 4.74 Å². The number of benzene rings is 1. The van der Waals surface area contributed by atoms with Crippen LogP contribution in [0.3, 0.4) is 0 Å². The van der Waals surface area contributed by atoms with Crippen molar-refractivity contribution in [1.29, 1.82) is 0 Å². The van der Waals surface area contributed by atoms with Crippen LogP contribution in [0.2, 0.25) is 0 Å². The molecule has 128 valence electrons.